The van der Waals surface area contributed by atoms with Gasteiger partial charge in [0.1, 0.15) is 5.69 Å². The van der Waals surface area contributed by atoms with Crippen molar-refractivity contribution in [2.24, 2.45) is 0 Å². The lowest BCUT2D eigenvalue weighted by molar-refractivity contribution is -0.138. The molecule has 1 fully saturated rings. The summed E-state index contributed by atoms with van der Waals surface area (Å²) in [5.41, 5.74) is -0.0193. The van der Waals surface area contributed by atoms with Crippen LogP contribution in [0.1, 0.15) is 49.5 Å². The third-order valence-corrected chi connectivity index (χ3v) is 4.30. The van der Waals surface area contributed by atoms with Gasteiger partial charge < -0.3 is 15.0 Å². The molecule has 2 rings (SSSR count). The highest BCUT2D eigenvalue weighted by atomic mass is 79.9. The van der Waals surface area contributed by atoms with Gasteiger partial charge in [0.05, 0.1) is 12.0 Å². The molecule has 6 heteroatoms. The van der Waals surface area contributed by atoms with E-state index in [-0.39, 0.29) is 12.3 Å². The molecule has 1 saturated carbocycles. The third-order valence-electron chi connectivity index (χ3n) is 3.87. The number of aliphatic carboxylic acids is 1. The number of aromatic nitrogens is 1. The summed E-state index contributed by atoms with van der Waals surface area (Å²) in [6, 6.07) is 1.77. The maximum Gasteiger partial charge on any atom is 0.305 e. The molecule has 0 unspecified atom stereocenters. The average Bonchev–Trinajstić information content (AvgIpc) is 2.95. The maximum absolute atomic E-state index is 12.4. The lowest BCUT2D eigenvalue weighted by Crippen LogP contribution is -2.48. The first-order chi connectivity index (χ1) is 9.46. The number of nitrogens with zero attached hydrogens (tertiary/aromatic N) is 1. The quantitative estimate of drug-likeness (QED) is 0.864. The Balaban J connectivity index is 2.18. The predicted molar refractivity (Wildman–Crippen MR) is 78.7 cm³/mol. The molecule has 20 heavy (non-hydrogen) atoms. The fourth-order valence-corrected chi connectivity index (χ4v) is 3.38. The van der Waals surface area contributed by atoms with Crippen molar-refractivity contribution in [3.05, 3.63) is 22.4 Å². The smallest absolute Gasteiger partial charge is 0.305 e. The number of nitrogens with one attached hydrogen (secondary N) is 1. The van der Waals surface area contributed by atoms with Gasteiger partial charge >= 0.3 is 5.97 Å². The highest BCUT2D eigenvalue weighted by Crippen LogP contribution is 2.33. The number of amides is 1. The number of carboxylic acid groups (broad SMARTS) is 1. The fourth-order valence-electron chi connectivity index (χ4n) is 2.92. The molecular weight excluding hydrogens is 324 g/mol. The molecule has 0 radical (unpaired) electrons. The van der Waals surface area contributed by atoms with Crippen molar-refractivity contribution in [1.82, 2.24) is 9.88 Å². The first-order valence-corrected chi connectivity index (χ1v) is 7.65. The van der Waals surface area contributed by atoms with E-state index in [9.17, 15) is 9.59 Å². The zero-order chi connectivity index (χ0) is 14.8. The molecule has 0 aromatic carbocycles. The summed E-state index contributed by atoms with van der Waals surface area (Å²) >= 11 is 3.36. The van der Waals surface area contributed by atoms with Crippen molar-refractivity contribution < 1.29 is 14.7 Å². The van der Waals surface area contributed by atoms with Crippen molar-refractivity contribution >= 4 is 27.8 Å². The Bertz CT molecular complexity index is 518. The molecule has 1 aromatic heterocycles. The van der Waals surface area contributed by atoms with Crippen LogP contribution in [0.3, 0.4) is 0 Å². The second-order valence-corrected chi connectivity index (χ2v) is 6.26. The molecule has 1 amide bonds. The van der Waals surface area contributed by atoms with Gasteiger partial charge in [-0.05, 0) is 41.8 Å². The second-order valence-electron chi connectivity index (χ2n) is 5.34. The van der Waals surface area contributed by atoms with Gasteiger partial charge in [-0.15, -0.1) is 0 Å². The number of carbonyl (C=O) groups excluding carboxylic acids is 1. The highest BCUT2D eigenvalue weighted by Gasteiger charge is 2.38. The van der Waals surface area contributed by atoms with E-state index in [1.807, 2.05) is 17.7 Å². The lowest BCUT2D eigenvalue weighted by atomic mass is 9.93. The van der Waals surface area contributed by atoms with Gasteiger partial charge in [0.25, 0.3) is 5.91 Å². The van der Waals surface area contributed by atoms with E-state index >= 15 is 0 Å². The average molecular weight is 343 g/mol. The lowest BCUT2D eigenvalue weighted by Gasteiger charge is -2.28. The molecule has 1 heterocycles. The standard InChI is InChI=1S/C14H19BrN2O3/c1-2-17-9-10(15)7-11(17)13(20)16-14(8-12(18)19)5-3-4-6-14/h7,9H,2-6,8H2,1H3,(H,16,20)(H,18,19). The number of hydrogen-bond acceptors (Lipinski definition) is 2. The summed E-state index contributed by atoms with van der Waals surface area (Å²) in [5, 5.41) is 12.0. The normalized spacial score (nSPS) is 17.1. The van der Waals surface area contributed by atoms with Crippen molar-refractivity contribution in [2.75, 3.05) is 0 Å². The van der Waals surface area contributed by atoms with E-state index in [0.29, 0.717) is 12.2 Å². The zero-order valence-electron chi connectivity index (χ0n) is 11.5. The fraction of sp³-hybridized carbons (Fsp3) is 0.571. The molecule has 1 aromatic rings. The molecule has 0 atom stereocenters. The Morgan fingerprint density at radius 2 is 2.10 bits per heavy atom. The van der Waals surface area contributed by atoms with E-state index in [1.165, 1.54) is 0 Å². The van der Waals surface area contributed by atoms with Crippen LogP contribution in [0.2, 0.25) is 0 Å². The first-order valence-electron chi connectivity index (χ1n) is 6.86. The molecule has 0 saturated heterocycles. The van der Waals surface area contributed by atoms with Crippen LogP contribution in [0.15, 0.2) is 16.7 Å². The summed E-state index contributed by atoms with van der Waals surface area (Å²) in [6.45, 7) is 2.66. The number of hydrogen-bond donors (Lipinski definition) is 2. The van der Waals surface area contributed by atoms with E-state index in [4.69, 9.17) is 5.11 Å². The number of carbonyl (C=O) groups is 2. The van der Waals surface area contributed by atoms with Crippen LogP contribution in [0.5, 0.6) is 0 Å². The van der Waals surface area contributed by atoms with Gasteiger partial charge in [-0.2, -0.15) is 0 Å². The third kappa shape index (κ3) is 3.23. The molecule has 2 N–H and O–H groups in total. The topological polar surface area (TPSA) is 71.3 Å². The predicted octanol–water partition coefficient (Wildman–Crippen LogP) is 2.79. The summed E-state index contributed by atoms with van der Waals surface area (Å²) in [6.07, 6.45) is 5.25. The molecule has 1 aliphatic carbocycles. The van der Waals surface area contributed by atoms with E-state index in [0.717, 1.165) is 30.2 Å². The van der Waals surface area contributed by atoms with Crippen molar-refractivity contribution in [1.29, 1.82) is 0 Å². The molecule has 1 aliphatic rings. The molecule has 0 bridgehead atoms. The first kappa shape index (κ1) is 15.1. The van der Waals surface area contributed by atoms with Crippen LogP contribution >= 0.6 is 15.9 Å². The molecule has 0 spiro atoms. The Kier molecular flexibility index (Phi) is 4.52. The summed E-state index contributed by atoms with van der Waals surface area (Å²) < 4.78 is 2.70. The minimum Gasteiger partial charge on any atom is -0.481 e. The highest BCUT2D eigenvalue weighted by molar-refractivity contribution is 9.10. The number of rotatable bonds is 5. The Morgan fingerprint density at radius 1 is 1.45 bits per heavy atom. The number of aryl methyl sites for hydroxylation is 1. The summed E-state index contributed by atoms with van der Waals surface area (Å²) in [5.74, 6) is -1.06. The van der Waals surface area contributed by atoms with Gasteiger partial charge in [-0.3, -0.25) is 9.59 Å². The Hall–Kier alpha value is -1.30. The van der Waals surface area contributed by atoms with E-state index < -0.39 is 11.5 Å². The number of halogens is 1. The van der Waals surface area contributed by atoms with Crippen LogP contribution in [-0.2, 0) is 11.3 Å². The maximum atomic E-state index is 12.4. The zero-order valence-corrected chi connectivity index (χ0v) is 13.1. The number of carboxylic acids is 1. The van der Waals surface area contributed by atoms with Gasteiger partial charge in [0.15, 0.2) is 0 Å². The van der Waals surface area contributed by atoms with E-state index in [2.05, 4.69) is 21.2 Å². The van der Waals surface area contributed by atoms with Gasteiger partial charge in [0, 0.05) is 17.2 Å². The van der Waals surface area contributed by atoms with Crippen molar-refractivity contribution in [3.63, 3.8) is 0 Å². The van der Waals surface area contributed by atoms with Crippen LogP contribution < -0.4 is 5.32 Å². The molecular formula is C14H19BrN2O3. The minimum atomic E-state index is -0.862. The van der Waals surface area contributed by atoms with Gasteiger partial charge in [-0.1, -0.05) is 12.8 Å². The summed E-state index contributed by atoms with van der Waals surface area (Å²) in [7, 11) is 0. The van der Waals surface area contributed by atoms with Crippen LogP contribution in [0.4, 0.5) is 0 Å². The van der Waals surface area contributed by atoms with Crippen molar-refractivity contribution in [2.45, 2.75) is 51.1 Å². The van der Waals surface area contributed by atoms with E-state index in [1.54, 1.807) is 6.07 Å². The second kappa shape index (κ2) is 5.99. The van der Waals surface area contributed by atoms with Crippen LogP contribution in [-0.4, -0.2) is 27.1 Å². The monoisotopic (exact) mass is 342 g/mol. The Morgan fingerprint density at radius 3 is 2.65 bits per heavy atom. The minimum absolute atomic E-state index is 0.00720. The molecule has 0 aliphatic heterocycles. The van der Waals surface area contributed by atoms with Crippen molar-refractivity contribution in [3.8, 4) is 0 Å². The Labute approximate surface area is 126 Å². The van der Waals surface area contributed by atoms with Gasteiger partial charge in [-0.25, -0.2) is 0 Å². The SMILES string of the molecule is CCn1cc(Br)cc1C(=O)NC1(CC(=O)O)CCCC1. The van der Waals surface area contributed by atoms with Gasteiger partial charge in [0.2, 0.25) is 0 Å². The van der Waals surface area contributed by atoms with Crippen LogP contribution in [0.25, 0.3) is 0 Å². The largest absolute Gasteiger partial charge is 0.481 e. The molecule has 110 valence electrons. The van der Waals surface area contributed by atoms with Crippen LogP contribution in [0, 0.1) is 0 Å². The summed E-state index contributed by atoms with van der Waals surface area (Å²) in [4.78, 5) is 23.5. The molecule has 5 nitrogen and oxygen atoms in total.